The lowest BCUT2D eigenvalue weighted by molar-refractivity contribution is -0.141. The van der Waals surface area contributed by atoms with Crippen molar-refractivity contribution in [2.24, 2.45) is 0 Å². The molecule has 0 bridgehead atoms. The zero-order valence-electron chi connectivity index (χ0n) is 19.1. The maximum Gasteiger partial charge on any atom is 0.307 e. The number of hydrogen-bond donors (Lipinski definition) is 1. The third kappa shape index (κ3) is 4.58. The number of hydrogen-bond acceptors (Lipinski definition) is 9. The molecule has 0 spiro atoms. The van der Waals surface area contributed by atoms with Crippen molar-refractivity contribution in [2.45, 2.75) is 19.4 Å². The summed E-state index contributed by atoms with van der Waals surface area (Å²) in [5.74, 6) is 0.136. The Morgan fingerprint density at radius 3 is 2.59 bits per heavy atom. The molecule has 1 unspecified atom stereocenters. The second-order valence-electron chi connectivity index (χ2n) is 7.40. The second kappa shape index (κ2) is 9.92. The van der Waals surface area contributed by atoms with Crippen molar-refractivity contribution in [1.82, 2.24) is 15.5 Å². The normalized spacial score (nSPS) is 11.8. The molecule has 1 amide bonds. The van der Waals surface area contributed by atoms with E-state index in [1.807, 2.05) is 17.5 Å². The second-order valence-corrected chi connectivity index (χ2v) is 8.35. The van der Waals surface area contributed by atoms with E-state index in [-0.39, 0.29) is 12.1 Å². The first-order valence-electron chi connectivity index (χ1n) is 10.4. The van der Waals surface area contributed by atoms with Crippen LogP contribution in [0.1, 0.15) is 34.1 Å². The smallest absolute Gasteiger partial charge is 0.307 e. The number of fused-ring (bicyclic) bond motifs is 1. The Balaban J connectivity index is 1.75. The van der Waals surface area contributed by atoms with E-state index in [0.29, 0.717) is 39.4 Å². The van der Waals surface area contributed by atoms with Gasteiger partial charge in [-0.2, -0.15) is 0 Å². The van der Waals surface area contributed by atoms with E-state index < -0.39 is 17.9 Å². The zero-order valence-corrected chi connectivity index (χ0v) is 19.9. The van der Waals surface area contributed by atoms with Gasteiger partial charge in [0, 0.05) is 0 Å². The van der Waals surface area contributed by atoms with E-state index >= 15 is 0 Å². The number of nitrogens with one attached hydrogen (secondary N) is 1. The molecule has 1 aromatic carbocycles. The summed E-state index contributed by atoms with van der Waals surface area (Å²) >= 11 is 1.50. The van der Waals surface area contributed by atoms with E-state index in [0.717, 1.165) is 4.88 Å². The summed E-state index contributed by atoms with van der Waals surface area (Å²) in [7, 11) is 4.35. The molecule has 0 aliphatic carbocycles. The molecule has 1 atom stereocenters. The first-order chi connectivity index (χ1) is 16.4. The molecule has 34 heavy (non-hydrogen) atoms. The molecular formula is C24H23N3O6S. The highest BCUT2D eigenvalue weighted by molar-refractivity contribution is 7.13. The lowest BCUT2D eigenvalue weighted by atomic mass is 10.0. The third-order valence-corrected chi connectivity index (χ3v) is 6.24. The molecule has 0 radical (unpaired) electrons. The molecule has 3 aromatic heterocycles. The summed E-state index contributed by atoms with van der Waals surface area (Å²) in [4.78, 5) is 31.1. The van der Waals surface area contributed by atoms with Crippen LogP contribution in [0.15, 0.2) is 46.3 Å². The summed E-state index contributed by atoms with van der Waals surface area (Å²) in [5.41, 5.74) is 2.41. The van der Waals surface area contributed by atoms with Gasteiger partial charge >= 0.3 is 5.97 Å². The number of ether oxygens (including phenoxy) is 3. The fourth-order valence-corrected chi connectivity index (χ4v) is 4.32. The molecule has 4 rings (SSSR count). The van der Waals surface area contributed by atoms with Crippen molar-refractivity contribution in [3.63, 3.8) is 0 Å². The van der Waals surface area contributed by atoms with Crippen LogP contribution in [0.5, 0.6) is 11.5 Å². The van der Waals surface area contributed by atoms with Gasteiger partial charge in [-0.1, -0.05) is 17.3 Å². The fourth-order valence-electron chi connectivity index (χ4n) is 3.63. The molecule has 0 aliphatic rings. The number of rotatable bonds is 8. The van der Waals surface area contributed by atoms with E-state index in [2.05, 4.69) is 15.5 Å². The van der Waals surface area contributed by atoms with Crippen LogP contribution in [-0.4, -0.2) is 43.3 Å². The van der Waals surface area contributed by atoms with Crippen molar-refractivity contribution in [1.29, 1.82) is 0 Å². The lowest BCUT2D eigenvalue weighted by Crippen LogP contribution is -2.30. The van der Waals surface area contributed by atoms with Gasteiger partial charge in [0.1, 0.15) is 0 Å². The zero-order chi connectivity index (χ0) is 24.2. The number of carbonyl (C=O) groups excluding carboxylic acids is 2. The minimum atomic E-state index is -0.687. The molecule has 176 valence electrons. The van der Waals surface area contributed by atoms with Crippen molar-refractivity contribution in [3.05, 3.63) is 58.6 Å². The maximum atomic E-state index is 13.5. The number of aryl methyl sites for hydroxylation is 1. The van der Waals surface area contributed by atoms with Crippen LogP contribution in [0.2, 0.25) is 0 Å². The third-order valence-electron chi connectivity index (χ3n) is 5.35. The minimum absolute atomic E-state index is 0.0770. The van der Waals surface area contributed by atoms with Crippen LogP contribution in [0.3, 0.4) is 0 Å². The minimum Gasteiger partial charge on any atom is -0.493 e. The fraction of sp³-hybridized carbons (Fsp3) is 0.250. The van der Waals surface area contributed by atoms with Crippen molar-refractivity contribution >= 4 is 34.3 Å². The van der Waals surface area contributed by atoms with Crippen LogP contribution in [0.4, 0.5) is 0 Å². The number of amides is 1. The molecule has 0 fully saturated rings. The summed E-state index contributed by atoms with van der Waals surface area (Å²) < 4.78 is 20.9. The summed E-state index contributed by atoms with van der Waals surface area (Å²) in [6, 6.07) is 10.0. The summed E-state index contributed by atoms with van der Waals surface area (Å²) in [6.07, 6.45) is -0.0770. The van der Waals surface area contributed by atoms with E-state index in [1.165, 1.54) is 32.7 Å². The predicted molar refractivity (Wildman–Crippen MR) is 126 cm³/mol. The molecule has 0 saturated heterocycles. The number of pyridine rings is 1. The standard InChI is InChI=1S/C24H23N3O6S/c1-13-22-15(11-17(20-6-5-9-34-20)26-24(22)33-27-13)23(29)25-16(12-21(28)32-4)14-7-8-18(30-2)19(10-14)31-3/h5-11,16H,12H2,1-4H3,(H,25,29). The number of esters is 1. The van der Waals surface area contributed by atoms with E-state index in [9.17, 15) is 9.59 Å². The van der Waals surface area contributed by atoms with Gasteiger partial charge in [0.2, 0.25) is 0 Å². The van der Waals surface area contributed by atoms with Gasteiger partial charge in [-0.15, -0.1) is 11.3 Å². The number of carbonyl (C=O) groups is 2. The number of nitrogens with zero attached hydrogens (tertiary/aromatic N) is 2. The number of methoxy groups -OCH3 is 3. The van der Waals surface area contributed by atoms with Crippen molar-refractivity contribution < 1.29 is 28.3 Å². The molecule has 1 N–H and O–H groups in total. The summed E-state index contributed by atoms with van der Waals surface area (Å²) in [6.45, 7) is 1.75. The highest BCUT2D eigenvalue weighted by atomic mass is 32.1. The van der Waals surface area contributed by atoms with Crippen molar-refractivity contribution in [2.75, 3.05) is 21.3 Å². The predicted octanol–water partition coefficient (Wildman–Crippen LogP) is 4.31. The Kier molecular flexibility index (Phi) is 6.78. The van der Waals surface area contributed by atoms with Crippen molar-refractivity contribution in [3.8, 4) is 22.1 Å². The Hall–Kier alpha value is -3.92. The Morgan fingerprint density at radius 1 is 1.12 bits per heavy atom. The highest BCUT2D eigenvalue weighted by Crippen LogP contribution is 2.33. The van der Waals surface area contributed by atoms with Crippen LogP contribution in [-0.2, 0) is 9.53 Å². The lowest BCUT2D eigenvalue weighted by Gasteiger charge is -2.20. The van der Waals surface area contributed by atoms with Gasteiger partial charge in [0.25, 0.3) is 11.6 Å². The van der Waals surface area contributed by atoms with Gasteiger partial charge < -0.3 is 24.1 Å². The molecule has 0 saturated carbocycles. The van der Waals surface area contributed by atoms with Gasteiger partial charge in [-0.05, 0) is 42.1 Å². The first kappa shape index (κ1) is 23.2. The molecule has 10 heteroatoms. The number of aromatic nitrogens is 2. The van der Waals surface area contributed by atoms with Crippen LogP contribution in [0.25, 0.3) is 21.7 Å². The number of thiophene rings is 1. The first-order valence-corrected chi connectivity index (χ1v) is 11.2. The quantitative estimate of drug-likeness (QED) is 0.371. The van der Waals surface area contributed by atoms with E-state index in [4.69, 9.17) is 18.7 Å². The topological polar surface area (TPSA) is 113 Å². The molecular weight excluding hydrogens is 458 g/mol. The summed E-state index contributed by atoms with van der Waals surface area (Å²) in [5, 5.41) is 9.38. The van der Waals surface area contributed by atoms with Crippen LogP contribution >= 0.6 is 11.3 Å². The largest absolute Gasteiger partial charge is 0.493 e. The Morgan fingerprint density at radius 2 is 1.91 bits per heavy atom. The van der Waals surface area contributed by atoms with Gasteiger partial charge in [0.15, 0.2) is 11.5 Å². The Labute approximate surface area is 199 Å². The monoisotopic (exact) mass is 481 g/mol. The SMILES string of the molecule is COC(=O)CC(NC(=O)c1cc(-c2cccs2)nc2onc(C)c12)c1ccc(OC)c(OC)c1. The molecule has 9 nitrogen and oxygen atoms in total. The molecule has 3 heterocycles. The van der Waals surface area contributed by atoms with Gasteiger partial charge in [-0.3, -0.25) is 9.59 Å². The molecule has 4 aromatic rings. The Bertz CT molecular complexity index is 1330. The molecule has 0 aliphatic heterocycles. The van der Waals surface area contributed by atoms with Crippen LogP contribution in [0, 0.1) is 6.92 Å². The van der Waals surface area contributed by atoms with Gasteiger partial charge in [0.05, 0.1) is 61.0 Å². The average molecular weight is 482 g/mol. The average Bonchev–Trinajstić information content (AvgIpc) is 3.52. The highest BCUT2D eigenvalue weighted by Gasteiger charge is 2.25. The number of benzene rings is 1. The van der Waals surface area contributed by atoms with Crippen LogP contribution < -0.4 is 14.8 Å². The van der Waals surface area contributed by atoms with E-state index in [1.54, 1.807) is 31.2 Å². The maximum absolute atomic E-state index is 13.5. The van der Waals surface area contributed by atoms with Gasteiger partial charge in [-0.25, -0.2) is 4.98 Å².